The molecule has 0 spiro atoms. The summed E-state index contributed by atoms with van der Waals surface area (Å²) < 4.78 is 48.2. The summed E-state index contributed by atoms with van der Waals surface area (Å²) in [4.78, 5) is 0. The number of halogens is 3. The standard InChI is InChI=1S/C23H21F3O/c1-3-5-6-17-8-11-20(12-9-17)23(25,26)27-22-15-18-10-7-16(4-2)13-19(18)14-21(22)24/h3,7-15H,1,4-6H2,2H3. The molecule has 0 N–H and O–H groups in total. The molecule has 3 rings (SSSR count). The molecule has 27 heavy (non-hydrogen) atoms. The SMILES string of the molecule is C=CCCc1ccc(C(F)(F)Oc2cc3ccc(CC)cc3cc2F)cc1. The van der Waals surface area contributed by atoms with E-state index < -0.39 is 17.7 Å². The molecule has 0 aliphatic carbocycles. The summed E-state index contributed by atoms with van der Waals surface area (Å²) in [5.41, 5.74) is 1.67. The fourth-order valence-corrected chi connectivity index (χ4v) is 2.93. The molecule has 0 heterocycles. The van der Waals surface area contributed by atoms with Crippen LogP contribution < -0.4 is 4.74 Å². The molecule has 140 valence electrons. The lowest BCUT2D eigenvalue weighted by Crippen LogP contribution is -2.22. The first-order valence-electron chi connectivity index (χ1n) is 8.92. The molecule has 0 aromatic heterocycles. The van der Waals surface area contributed by atoms with Gasteiger partial charge in [-0.1, -0.05) is 43.3 Å². The number of hydrogen-bond donors (Lipinski definition) is 0. The molecule has 3 aromatic rings. The van der Waals surface area contributed by atoms with E-state index in [1.807, 2.05) is 19.1 Å². The average Bonchev–Trinajstić information content (AvgIpc) is 2.66. The van der Waals surface area contributed by atoms with Gasteiger partial charge in [0.05, 0.1) is 5.56 Å². The highest BCUT2D eigenvalue weighted by atomic mass is 19.3. The molecular formula is C23H21F3O. The Morgan fingerprint density at radius 1 is 0.963 bits per heavy atom. The minimum Gasteiger partial charge on any atom is -0.426 e. The molecule has 0 fully saturated rings. The number of fused-ring (bicyclic) bond motifs is 1. The summed E-state index contributed by atoms with van der Waals surface area (Å²) >= 11 is 0. The summed E-state index contributed by atoms with van der Waals surface area (Å²) in [5.74, 6) is -1.27. The Kier molecular flexibility index (Phi) is 5.54. The van der Waals surface area contributed by atoms with Crippen LogP contribution in [0.25, 0.3) is 10.8 Å². The third kappa shape index (κ3) is 4.33. The predicted octanol–water partition coefficient (Wildman–Crippen LogP) is 6.79. The van der Waals surface area contributed by atoms with Gasteiger partial charge in [0.2, 0.25) is 0 Å². The number of ether oxygens (including phenoxy) is 1. The maximum Gasteiger partial charge on any atom is 0.426 e. The smallest absolute Gasteiger partial charge is 0.426 e. The fraction of sp³-hybridized carbons (Fsp3) is 0.217. The summed E-state index contributed by atoms with van der Waals surface area (Å²) in [6, 6.07) is 13.9. The van der Waals surface area contributed by atoms with Crippen LogP contribution in [0.5, 0.6) is 5.75 Å². The Morgan fingerprint density at radius 3 is 2.33 bits per heavy atom. The van der Waals surface area contributed by atoms with E-state index in [1.54, 1.807) is 24.3 Å². The van der Waals surface area contributed by atoms with E-state index in [2.05, 4.69) is 6.58 Å². The van der Waals surface area contributed by atoms with E-state index in [4.69, 9.17) is 4.74 Å². The Balaban J connectivity index is 1.86. The first kappa shape index (κ1) is 19.0. The first-order valence-corrected chi connectivity index (χ1v) is 8.92. The van der Waals surface area contributed by atoms with E-state index in [1.165, 1.54) is 24.3 Å². The van der Waals surface area contributed by atoms with E-state index >= 15 is 0 Å². The molecule has 4 heteroatoms. The van der Waals surface area contributed by atoms with Crippen molar-refractivity contribution in [2.75, 3.05) is 0 Å². The van der Waals surface area contributed by atoms with Crippen LogP contribution in [0, 0.1) is 5.82 Å². The zero-order valence-corrected chi connectivity index (χ0v) is 15.1. The van der Waals surface area contributed by atoms with Gasteiger partial charge in [-0.2, -0.15) is 8.78 Å². The van der Waals surface area contributed by atoms with Crippen molar-refractivity contribution in [1.29, 1.82) is 0 Å². The van der Waals surface area contributed by atoms with Gasteiger partial charge in [-0.15, -0.1) is 6.58 Å². The maximum absolute atomic E-state index is 14.5. The number of benzene rings is 3. The van der Waals surface area contributed by atoms with E-state index in [-0.39, 0.29) is 5.56 Å². The van der Waals surface area contributed by atoms with Gasteiger partial charge in [0.15, 0.2) is 11.6 Å². The molecule has 0 aliphatic heterocycles. The molecule has 0 saturated heterocycles. The van der Waals surface area contributed by atoms with Crippen LogP contribution in [-0.2, 0) is 19.0 Å². The number of rotatable bonds is 7. The monoisotopic (exact) mass is 370 g/mol. The second-order valence-electron chi connectivity index (χ2n) is 6.46. The molecule has 0 aliphatic rings. The van der Waals surface area contributed by atoms with E-state index in [9.17, 15) is 13.2 Å². The Morgan fingerprint density at radius 2 is 1.67 bits per heavy atom. The van der Waals surface area contributed by atoms with Gasteiger partial charge in [-0.25, -0.2) is 4.39 Å². The van der Waals surface area contributed by atoms with E-state index in [0.29, 0.717) is 10.8 Å². The van der Waals surface area contributed by atoms with Crippen LogP contribution in [0.2, 0.25) is 0 Å². The maximum atomic E-state index is 14.5. The second-order valence-corrected chi connectivity index (χ2v) is 6.46. The lowest BCUT2D eigenvalue weighted by atomic mass is 10.0. The van der Waals surface area contributed by atoms with Crippen LogP contribution in [-0.4, -0.2) is 0 Å². The highest BCUT2D eigenvalue weighted by molar-refractivity contribution is 5.84. The molecule has 0 bridgehead atoms. The third-order valence-electron chi connectivity index (χ3n) is 4.53. The first-order chi connectivity index (χ1) is 12.9. The van der Waals surface area contributed by atoms with Gasteiger partial charge >= 0.3 is 6.11 Å². The van der Waals surface area contributed by atoms with Crippen LogP contribution in [0.4, 0.5) is 13.2 Å². The van der Waals surface area contributed by atoms with Crippen molar-refractivity contribution in [2.45, 2.75) is 32.3 Å². The van der Waals surface area contributed by atoms with Crippen LogP contribution in [0.1, 0.15) is 30.0 Å². The number of hydrogen-bond acceptors (Lipinski definition) is 1. The number of alkyl halides is 2. The highest BCUT2D eigenvalue weighted by Crippen LogP contribution is 2.35. The Labute approximate surface area is 157 Å². The third-order valence-corrected chi connectivity index (χ3v) is 4.53. The largest absolute Gasteiger partial charge is 0.426 e. The van der Waals surface area contributed by atoms with Crippen LogP contribution >= 0.6 is 0 Å². The summed E-state index contributed by atoms with van der Waals surface area (Å²) in [5, 5.41) is 1.31. The minimum absolute atomic E-state index is 0.314. The predicted molar refractivity (Wildman–Crippen MR) is 103 cm³/mol. The zero-order valence-electron chi connectivity index (χ0n) is 15.1. The van der Waals surface area contributed by atoms with Gasteiger partial charge in [0, 0.05) is 0 Å². The van der Waals surface area contributed by atoms with Crippen molar-refractivity contribution in [2.24, 2.45) is 0 Å². The van der Waals surface area contributed by atoms with Crippen molar-refractivity contribution in [1.82, 2.24) is 0 Å². The van der Waals surface area contributed by atoms with Gasteiger partial charge in [0.1, 0.15) is 0 Å². The van der Waals surface area contributed by atoms with Gasteiger partial charge in [0.25, 0.3) is 0 Å². The van der Waals surface area contributed by atoms with Gasteiger partial charge in [-0.05, 0) is 65.4 Å². The summed E-state index contributed by atoms with van der Waals surface area (Å²) in [7, 11) is 0. The van der Waals surface area contributed by atoms with Crippen LogP contribution in [0.15, 0.2) is 67.3 Å². The van der Waals surface area contributed by atoms with E-state index in [0.717, 1.165) is 30.4 Å². The summed E-state index contributed by atoms with van der Waals surface area (Å²) in [6.07, 6.45) is 0.465. The van der Waals surface area contributed by atoms with Gasteiger partial charge < -0.3 is 4.74 Å². The molecule has 0 amide bonds. The number of aryl methyl sites for hydroxylation is 2. The van der Waals surface area contributed by atoms with Crippen molar-refractivity contribution in [3.63, 3.8) is 0 Å². The Bertz CT molecular complexity index is 946. The van der Waals surface area contributed by atoms with Gasteiger partial charge in [-0.3, -0.25) is 0 Å². The normalized spacial score (nSPS) is 11.6. The molecule has 1 nitrogen and oxygen atoms in total. The lowest BCUT2D eigenvalue weighted by molar-refractivity contribution is -0.186. The summed E-state index contributed by atoms with van der Waals surface area (Å²) in [6.45, 7) is 5.64. The van der Waals surface area contributed by atoms with Crippen molar-refractivity contribution < 1.29 is 17.9 Å². The molecule has 0 radical (unpaired) electrons. The fourth-order valence-electron chi connectivity index (χ4n) is 2.93. The minimum atomic E-state index is -3.63. The molecule has 0 saturated carbocycles. The van der Waals surface area contributed by atoms with Crippen LogP contribution in [0.3, 0.4) is 0 Å². The molecule has 0 unspecified atom stereocenters. The second kappa shape index (κ2) is 7.87. The molecular weight excluding hydrogens is 349 g/mol. The zero-order chi connectivity index (χ0) is 19.4. The molecule has 0 atom stereocenters. The van der Waals surface area contributed by atoms with Crippen molar-refractivity contribution in [3.05, 3.63) is 89.8 Å². The quantitative estimate of drug-likeness (QED) is 0.416. The number of allylic oxidation sites excluding steroid dienone is 1. The molecule has 3 aromatic carbocycles. The highest BCUT2D eigenvalue weighted by Gasteiger charge is 2.35. The van der Waals surface area contributed by atoms with Crippen molar-refractivity contribution >= 4 is 10.8 Å². The topological polar surface area (TPSA) is 9.23 Å². The van der Waals surface area contributed by atoms with Crippen molar-refractivity contribution in [3.8, 4) is 5.75 Å². The lowest BCUT2D eigenvalue weighted by Gasteiger charge is -2.19. The Hall–Kier alpha value is -2.75. The average molecular weight is 370 g/mol.